The van der Waals surface area contributed by atoms with Crippen molar-refractivity contribution in [2.75, 3.05) is 19.0 Å². The highest BCUT2D eigenvalue weighted by molar-refractivity contribution is 7.99. The molecule has 1 heterocycles. The fourth-order valence-corrected chi connectivity index (χ4v) is 4.39. The van der Waals surface area contributed by atoms with Gasteiger partial charge in [0.15, 0.2) is 0 Å². The fraction of sp³-hybridized carbons (Fsp3) is 1.00. The van der Waals surface area contributed by atoms with Crippen molar-refractivity contribution in [1.82, 2.24) is 5.43 Å². The zero-order valence-corrected chi connectivity index (χ0v) is 11.5. The summed E-state index contributed by atoms with van der Waals surface area (Å²) < 4.78 is 5.55. The Balaban J connectivity index is 1.70. The smallest absolute Gasteiger partial charge is 0.0509 e. The first kappa shape index (κ1) is 13.7. The molecule has 0 bridgehead atoms. The van der Waals surface area contributed by atoms with E-state index in [2.05, 4.69) is 17.2 Å². The molecular formula is C13H26N2OS. The van der Waals surface area contributed by atoms with E-state index in [-0.39, 0.29) is 0 Å². The molecule has 0 amide bonds. The zero-order valence-electron chi connectivity index (χ0n) is 10.7. The molecule has 0 spiro atoms. The Morgan fingerprint density at radius 2 is 2.00 bits per heavy atom. The maximum absolute atomic E-state index is 5.70. The van der Waals surface area contributed by atoms with Crippen LogP contribution >= 0.6 is 11.8 Å². The summed E-state index contributed by atoms with van der Waals surface area (Å²) in [6.45, 7) is 1.82. The van der Waals surface area contributed by atoms with Gasteiger partial charge in [-0.25, -0.2) is 0 Å². The Hall–Kier alpha value is 0.230. The average molecular weight is 258 g/mol. The molecule has 2 aliphatic rings. The maximum atomic E-state index is 5.70. The Morgan fingerprint density at radius 3 is 2.65 bits per heavy atom. The van der Waals surface area contributed by atoms with E-state index < -0.39 is 0 Å². The van der Waals surface area contributed by atoms with Gasteiger partial charge in [-0.1, -0.05) is 19.3 Å². The molecule has 3 nitrogen and oxygen atoms in total. The highest BCUT2D eigenvalue weighted by Crippen LogP contribution is 2.30. The first-order valence-corrected chi connectivity index (χ1v) is 8.10. The van der Waals surface area contributed by atoms with Gasteiger partial charge in [0.1, 0.15) is 0 Å². The molecule has 17 heavy (non-hydrogen) atoms. The predicted molar refractivity (Wildman–Crippen MR) is 74.0 cm³/mol. The molecule has 1 saturated heterocycles. The molecule has 2 atom stereocenters. The monoisotopic (exact) mass is 258 g/mol. The lowest BCUT2D eigenvalue weighted by Crippen LogP contribution is -2.45. The van der Waals surface area contributed by atoms with Crippen LogP contribution in [0.4, 0.5) is 0 Å². The molecule has 1 aliphatic heterocycles. The summed E-state index contributed by atoms with van der Waals surface area (Å²) in [5.74, 6) is 7.46. The third-order valence-corrected chi connectivity index (χ3v) is 5.54. The van der Waals surface area contributed by atoms with Gasteiger partial charge >= 0.3 is 0 Å². The van der Waals surface area contributed by atoms with Crippen molar-refractivity contribution in [1.29, 1.82) is 0 Å². The van der Waals surface area contributed by atoms with E-state index in [1.54, 1.807) is 0 Å². The third-order valence-electron chi connectivity index (χ3n) is 4.04. The van der Waals surface area contributed by atoms with Gasteiger partial charge in [0, 0.05) is 23.7 Å². The van der Waals surface area contributed by atoms with Crippen LogP contribution in [0, 0.1) is 5.92 Å². The standard InChI is InChI=1S/C13H26N2OS/c14-15-13(11-5-4-8-16-9-11)10-17-12-6-2-1-3-7-12/h11-13,15H,1-10,14H2. The Morgan fingerprint density at radius 1 is 1.18 bits per heavy atom. The Labute approximate surface area is 109 Å². The summed E-state index contributed by atoms with van der Waals surface area (Å²) in [4.78, 5) is 0. The van der Waals surface area contributed by atoms with Gasteiger partial charge in [-0.05, 0) is 31.6 Å². The van der Waals surface area contributed by atoms with E-state index in [1.165, 1.54) is 44.9 Å². The molecular weight excluding hydrogens is 232 g/mol. The highest BCUT2D eigenvalue weighted by Gasteiger charge is 2.24. The maximum Gasteiger partial charge on any atom is 0.0509 e. The lowest BCUT2D eigenvalue weighted by Gasteiger charge is -2.31. The number of ether oxygens (including phenoxy) is 1. The number of hydrogen-bond donors (Lipinski definition) is 2. The number of nitrogens with one attached hydrogen (secondary N) is 1. The molecule has 1 aliphatic carbocycles. The molecule has 0 aromatic carbocycles. The molecule has 2 unspecified atom stereocenters. The molecule has 100 valence electrons. The van der Waals surface area contributed by atoms with Crippen molar-refractivity contribution in [3.63, 3.8) is 0 Å². The molecule has 3 N–H and O–H groups in total. The number of hydrogen-bond acceptors (Lipinski definition) is 4. The Kier molecular flexibility index (Phi) is 6.12. The summed E-state index contributed by atoms with van der Waals surface area (Å²) in [6.07, 6.45) is 9.55. The van der Waals surface area contributed by atoms with Crippen LogP contribution < -0.4 is 11.3 Å². The molecule has 0 aromatic rings. The van der Waals surface area contributed by atoms with Crippen LogP contribution in [0.1, 0.15) is 44.9 Å². The second kappa shape index (κ2) is 7.62. The molecule has 0 aromatic heterocycles. The van der Waals surface area contributed by atoms with Crippen LogP contribution in [0.3, 0.4) is 0 Å². The highest BCUT2D eigenvalue weighted by atomic mass is 32.2. The van der Waals surface area contributed by atoms with E-state index in [9.17, 15) is 0 Å². The van der Waals surface area contributed by atoms with Gasteiger partial charge < -0.3 is 4.74 Å². The third kappa shape index (κ3) is 4.43. The first-order valence-electron chi connectivity index (χ1n) is 7.05. The fourth-order valence-electron chi connectivity index (χ4n) is 2.87. The number of hydrazine groups is 1. The zero-order chi connectivity index (χ0) is 11.9. The lowest BCUT2D eigenvalue weighted by atomic mass is 9.95. The first-order chi connectivity index (χ1) is 8.40. The van der Waals surface area contributed by atoms with Crippen molar-refractivity contribution in [3.8, 4) is 0 Å². The number of thioether (sulfide) groups is 1. The molecule has 1 saturated carbocycles. The summed E-state index contributed by atoms with van der Waals surface area (Å²) in [5.41, 5.74) is 3.01. The molecule has 2 rings (SSSR count). The topological polar surface area (TPSA) is 47.3 Å². The normalized spacial score (nSPS) is 29.1. The van der Waals surface area contributed by atoms with Crippen LogP contribution in [0.15, 0.2) is 0 Å². The van der Waals surface area contributed by atoms with E-state index in [0.29, 0.717) is 12.0 Å². The van der Waals surface area contributed by atoms with E-state index in [0.717, 1.165) is 24.2 Å². The molecule has 2 fully saturated rings. The van der Waals surface area contributed by atoms with Gasteiger partial charge in [-0.2, -0.15) is 11.8 Å². The minimum absolute atomic E-state index is 0.433. The number of rotatable bonds is 5. The van der Waals surface area contributed by atoms with E-state index >= 15 is 0 Å². The van der Waals surface area contributed by atoms with Crippen LogP contribution in [-0.4, -0.2) is 30.3 Å². The van der Waals surface area contributed by atoms with Crippen molar-refractivity contribution in [2.24, 2.45) is 11.8 Å². The summed E-state index contributed by atoms with van der Waals surface area (Å²) >= 11 is 2.13. The van der Waals surface area contributed by atoms with Crippen LogP contribution in [0.5, 0.6) is 0 Å². The van der Waals surface area contributed by atoms with E-state index in [4.69, 9.17) is 10.6 Å². The summed E-state index contributed by atoms with van der Waals surface area (Å²) in [7, 11) is 0. The quantitative estimate of drug-likeness (QED) is 0.587. The number of nitrogens with two attached hydrogens (primary N) is 1. The SMILES string of the molecule is NNC(CSC1CCCCC1)C1CCCOC1. The Bertz CT molecular complexity index is 204. The second-order valence-electron chi connectivity index (χ2n) is 5.34. The largest absolute Gasteiger partial charge is 0.381 e. The minimum Gasteiger partial charge on any atom is -0.381 e. The predicted octanol–water partition coefficient (Wildman–Crippen LogP) is 2.31. The van der Waals surface area contributed by atoms with Gasteiger partial charge in [0.25, 0.3) is 0 Å². The minimum atomic E-state index is 0.433. The van der Waals surface area contributed by atoms with Crippen LogP contribution in [0.2, 0.25) is 0 Å². The summed E-state index contributed by atoms with van der Waals surface area (Å²) in [5, 5.41) is 0.879. The molecule has 0 radical (unpaired) electrons. The average Bonchev–Trinajstić information content (AvgIpc) is 2.42. The van der Waals surface area contributed by atoms with Gasteiger partial charge in [-0.15, -0.1) is 0 Å². The van der Waals surface area contributed by atoms with Crippen molar-refractivity contribution in [2.45, 2.75) is 56.2 Å². The van der Waals surface area contributed by atoms with Crippen LogP contribution in [0.25, 0.3) is 0 Å². The van der Waals surface area contributed by atoms with Crippen molar-refractivity contribution >= 4 is 11.8 Å². The van der Waals surface area contributed by atoms with Crippen LogP contribution in [-0.2, 0) is 4.74 Å². The summed E-state index contributed by atoms with van der Waals surface area (Å²) in [6, 6.07) is 0.433. The van der Waals surface area contributed by atoms with Gasteiger partial charge in [-0.3, -0.25) is 11.3 Å². The van der Waals surface area contributed by atoms with Gasteiger partial charge in [0.05, 0.1) is 6.61 Å². The van der Waals surface area contributed by atoms with Gasteiger partial charge in [0.2, 0.25) is 0 Å². The molecule has 4 heteroatoms. The van der Waals surface area contributed by atoms with Crippen molar-refractivity contribution < 1.29 is 4.74 Å². The lowest BCUT2D eigenvalue weighted by molar-refractivity contribution is 0.0427. The van der Waals surface area contributed by atoms with E-state index in [1.807, 2.05) is 0 Å². The van der Waals surface area contributed by atoms with Crippen molar-refractivity contribution in [3.05, 3.63) is 0 Å². The second-order valence-corrected chi connectivity index (χ2v) is 6.68.